The molecule has 42 heavy (non-hydrogen) atoms. The number of hydrogen-bond donors (Lipinski definition) is 2. The summed E-state index contributed by atoms with van der Waals surface area (Å²) in [6.07, 6.45) is 2.16. The van der Waals surface area contributed by atoms with E-state index in [2.05, 4.69) is 4.72 Å². The summed E-state index contributed by atoms with van der Waals surface area (Å²) in [5, 5.41) is 8.91. The number of nitriles is 1. The van der Waals surface area contributed by atoms with Gasteiger partial charge in [-0.3, -0.25) is 9.52 Å². The van der Waals surface area contributed by atoms with Crippen LogP contribution in [0.15, 0.2) is 46.2 Å². The fourth-order valence-corrected chi connectivity index (χ4v) is 6.36. The SMILES string of the molecule is COC1(C(=O)NSc2cc(F)c(N)c(C#N)c2)CCCCC1.Fc1ccc(SCCCCN2CC(C(F)(F)F)C2)cc1. The summed E-state index contributed by atoms with van der Waals surface area (Å²) in [5.74, 6) is -1.37. The van der Waals surface area contributed by atoms with E-state index in [1.165, 1.54) is 31.4 Å². The van der Waals surface area contributed by atoms with E-state index in [0.717, 1.165) is 61.2 Å². The highest BCUT2D eigenvalue weighted by atomic mass is 32.2. The Morgan fingerprint density at radius 2 is 1.79 bits per heavy atom. The van der Waals surface area contributed by atoms with E-state index in [0.29, 0.717) is 17.7 Å². The van der Waals surface area contributed by atoms with Crippen LogP contribution in [-0.2, 0) is 9.53 Å². The molecular weight excluding hydrogens is 595 g/mol. The minimum absolute atomic E-state index is 0.0517. The predicted octanol–water partition coefficient (Wildman–Crippen LogP) is 6.94. The average Bonchev–Trinajstić information content (AvgIpc) is 2.95. The van der Waals surface area contributed by atoms with Crippen molar-refractivity contribution >= 4 is 35.3 Å². The summed E-state index contributed by atoms with van der Waals surface area (Å²) in [7, 11) is 1.53. The molecule has 1 saturated carbocycles. The third kappa shape index (κ3) is 9.76. The molecule has 6 nitrogen and oxygen atoms in total. The molecule has 230 valence electrons. The first-order chi connectivity index (χ1) is 20.0. The Morgan fingerprint density at radius 1 is 1.12 bits per heavy atom. The normalized spacial score (nSPS) is 17.0. The van der Waals surface area contributed by atoms with E-state index in [1.54, 1.807) is 23.9 Å². The number of rotatable bonds is 10. The lowest BCUT2D eigenvalue weighted by Gasteiger charge is -2.40. The highest BCUT2D eigenvalue weighted by molar-refractivity contribution is 7.99. The van der Waals surface area contributed by atoms with E-state index >= 15 is 0 Å². The summed E-state index contributed by atoms with van der Waals surface area (Å²) in [6, 6.07) is 10.8. The van der Waals surface area contributed by atoms with Crippen LogP contribution in [0, 0.1) is 28.9 Å². The second-order valence-electron chi connectivity index (χ2n) is 10.3. The fraction of sp³-hybridized carbons (Fsp3) is 0.517. The molecule has 0 atom stereocenters. The minimum atomic E-state index is -4.03. The zero-order valence-electron chi connectivity index (χ0n) is 23.3. The number of alkyl halides is 3. The first-order valence-corrected chi connectivity index (χ1v) is 15.5. The van der Waals surface area contributed by atoms with Crippen LogP contribution < -0.4 is 10.5 Å². The predicted molar refractivity (Wildman–Crippen MR) is 155 cm³/mol. The van der Waals surface area contributed by atoms with Crippen molar-refractivity contribution in [3.8, 4) is 6.07 Å². The van der Waals surface area contributed by atoms with Crippen LogP contribution in [0.25, 0.3) is 0 Å². The van der Waals surface area contributed by atoms with Crippen molar-refractivity contribution in [2.45, 2.75) is 66.5 Å². The Kier molecular flexibility index (Phi) is 12.8. The van der Waals surface area contributed by atoms with Gasteiger partial charge in [0.25, 0.3) is 5.91 Å². The van der Waals surface area contributed by atoms with Gasteiger partial charge in [0.1, 0.15) is 23.3 Å². The van der Waals surface area contributed by atoms with E-state index in [1.807, 2.05) is 11.0 Å². The molecule has 0 radical (unpaired) electrons. The van der Waals surface area contributed by atoms with Gasteiger partial charge in [-0.15, -0.1) is 11.8 Å². The Balaban J connectivity index is 0.000000231. The largest absolute Gasteiger partial charge is 0.395 e. The summed E-state index contributed by atoms with van der Waals surface area (Å²) < 4.78 is 71.3. The summed E-state index contributed by atoms with van der Waals surface area (Å²) >= 11 is 2.61. The number of nitrogens with two attached hydrogens (primary N) is 1. The lowest BCUT2D eigenvalue weighted by Crippen LogP contribution is -2.53. The number of unbranched alkanes of at least 4 members (excludes halogenated alkanes) is 1. The lowest BCUT2D eigenvalue weighted by atomic mass is 9.84. The van der Waals surface area contributed by atoms with Crippen LogP contribution in [-0.4, -0.2) is 55.1 Å². The number of carbonyl (C=O) groups is 1. The maximum atomic E-state index is 13.6. The molecule has 13 heteroatoms. The molecular formula is C29H35F5N4O2S2. The second-order valence-corrected chi connectivity index (χ2v) is 12.3. The number of benzene rings is 2. The number of amides is 1. The topological polar surface area (TPSA) is 91.4 Å². The van der Waals surface area contributed by atoms with Crippen molar-refractivity contribution < 1.29 is 31.5 Å². The molecule has 2 aliphatic rings. The van der Waals surface area contributed by atoms with Gasteiger partial charge in [-0.05, 0) is 86.3 Å². The molecule has 0 unspecified atom stereocenters. The standard InChI is InChI=1S/C15H18FN3O2S.C14H17F4NS/c1-21-15(5-3-2-4-6-15)14(20)19-22-11-7-10(9-17)13(18)12(16)8-11;15-12-3-5-13(6-4-12)20-8-2-1-7-19-9-11(10-19)14(16,17)18/h7-8H,2-6,18H2,1H3,(H,19,20);3-6,11H,1-2,7-10H2. The number of nitrogens with zero attached hydrogens (tertiary/aromatic N) is 2. The minimum Gasteiger partial charge on any atom is -0.395 e. The second kappa shape index (κ2) is 15.8. The zero-order chi connectivity index (χ0) is 30.8. The van der Waals surface area contributed by atoms with Crippen molar-refractivity contribution in [1.29, 1.82) is 5.26 Å². The van der Waals surface area contributed by atoms with Gasteiger partial charge in [-0.25, -0.2) is 8.78 Å². The van der Waals surface area contributed by atoms with Crippen LogP contribution in [0.4, 0.5) is 27.6 Å². The molecule has 0 aromatic heterocycles. The monoisotopic (exact) mass is 630 g/mol. The molecule has 1 aliphatic carbocycles. The molecule has 1 amide bonds. The Hall–Kier alpha value is -2.53. The number of anilines is 1. The third-order valence-electron chi connectivity index (χ3n) is 7.32. The molecule has 1 aliphatic heterocycles. The van der Waals surface area contributed by atoms with Gasteiger partial charge in [0, 0.05) is 30.0 Å². The first-order valence-electron chi connectivity index (χ1n) is 13.7. The van der Waals surface area contributed by atoms with E-state index in [9.17, 15) is 26.7 Å². The zero-order valence-corrected chi connectivity index (χ0v) is 24.9. The highest BCUT2D eigenvalue weighted by Crippen LogP contribution is 2.34. The molecule has 2 fully saturated rings. The van der Waals surface area contributed by atoms with Gasteiger partial charge >= 0.3 is 6.18 Å². The summed E-state index contributed by atoms with van der Waals surface area (Å²) in [6.45, 7) is 1.03. The molecule has 2 aromatic carbocycles. The average molecular weight is 631 g/mol. The number of carbonyl (C=O) groups excluding carboxylic acids is 1. The van der Waals surface area contributed by atoms with Crippen LogP contribution in [0.5, 0.6) is 0 Å². The number of likely N-dealkylation sites (tertiary alicyclic amines) is 1. The van der Waals surface area contributed by atoms with Gasteiger partial charge in [-0.2, -0.15) is 18.4 Å². The van der Waals surface area contributed by atoms with Crippen LogP contribution in [0.1, 0.15) is 50.5 Å². The maximum Gasteiger partial charge on any atom is 0.394 e. The fourth-order valence-electron chi connectivity index (χ4n) is 4.71. The molecule has 2 aromatic rings. The Bertz CT molecular complexity index is 1210. The first kappa shape index (κ1) is 34.0. The molecule has 1 saturated heterocycles. The summed E-state index contributed by atoms with van der Waals surface area (Å²) in [4.78, 5) is 15.7. The maximum absolute atomic E-state index is 13.6. The third-order valence-corrected chi connectivity index (χ3v) is 9.18. The van der Waals surface area contributed by atoms with Crippen LogP contribution in [0.3, 0.4) is 0 Å². The number of nitrogens with one attached hydrogen (secondary N) is 1. The van der Waals surface area contributed by atoms with Gasteiger partial charge in [0.05, 0.1) is 17.2 Å². The molecule has 0 spiro atoms. The Labute approximate surface area is 251 Å². The van der Waals surface area contributed by atoms with Gasteiger partial charge < -0.3 is 15.4 Å². The van der Waals surface area contributed by atoms with Gasteiger partial charge in [-0.1, -0.05) is 19.3 Å². The van der Waals surface area contributed by atoms with Crippen molar-refractivity contribution in [1.82, 2.24) is 9.62 Å². The van der Waals surface area contributed by atoms with Crippen LogP contribution >= 0.6 is 23.7 Å². The van der Waals surface area contributed by atoms with E-state index in [4.69, 9.17) is 15.7 Å². The van der Waals surface area contributed by atoms with Crippen LogP contribution in [0.2, 0.25) is 0 Å². The molecule has 3 N–H and O–H groups in total. The molecule has 4 rings (SSSR count). The van der Waals surface area contributed by atoms with Crippen molar-refractivity contribution in [3.63, 3.8) is 0 Å². The van der Waals surface area contributed by atoms with Gasteiger partial charge in [0.15, 0.2) is 0 Å². The quantitative estimate of drug-likeness (QED) is 0.0966. The lowest BCUT2D eigenvalue weighted by molar-refractivity contribution is -0.209. The van der Waals surface area contributed by atoms with Crippen molar-refractivity contribution in [2.75, 3.05) is 38.2 Å². The highest BCUT2D eigenvalue weighted by Gasteiger charge is 2.46. The number of halogens is 5. The van der Waals surface area contributed by atoms with Crippen molar-refractivity contribution in [3.05, 3.63) is 53.6 Å². The number of nitrogen functional groups attached to an aromatic ring is 1. The molecule has 1 heterocycles. The number of ether oxygens (including phenoxy) is 1. The molecule has 0 bridgehead atoms. The number of thioether (sulfide) groups is 1. The van der Waals surface area contributed by atoms with Gasteiger partial charge in [0.2, 0.25) is 0 Å². The number of hydrogen-bond acceptors (Lipinski definition) is 7. The smallest absolute Gasteiger partial charge is 0.394 e. The van der Waals surface area contributed by atoms with E-state index < -0.39 is 23.5 Å². The van der Waals surface area contributed by atoms with E-state index in [-0.39, 0.29) is 36.1 Å². The van der Waals surface area contributed by atoms with Crippen molar-refractivity contribution in [2.24, 2.45) is 5.92 Å². The Morgan fingerprint density at radius 3 is 2.38 bits per heavy atom. The number of methoxy groups -OCH3 is 1. The summed E-state index contributed by atoms with van der Waals surface area (Å²) in [5.41, 5.74) is 4.52.